The van der Waals surface area contributed by atoms with Gasteiger partial charge in [-0.15, -0.1) is 0 Å². The fourth-order valence-electron chi connectivity index (χ4n) is 8.70. The molecule has 0 aromatic heterocycles. The van der Waals surface area contributed by atoms with E-state index in [1.54, 1.807) is 0 Å². The molecule has 4 rings (SSSR count). The lowest BCUT2D eigenvalue weighted by Crippen LogP contribution is -2.58. The summed E-state index contributed by atoms with van der Waals surface area (Å²) >= 11 is 0. The summed E-state index contributed by atoms with van der Waals surface area (Å²) in [7, 11) is -4.10. The Balaban J connectivity index is 1.22. The van der Waals surface area contributed by atoms with Gasteiger partial charge in [0.25, 0.3) is 0 Å². The molecule has 0 bridgehead atoms. The minimum atomic E-state index is -4.10. The summed E-state index contributed by atoms with van der Waals surface area (Å²) in [5.74, 6) is 1.87. The summed E-state index contributed by atoms with van der Waals surface area (Å²) in [6.07, 6.45) is 6.99. The van der Waals surface area contributed by atoms with Gasteiger partial charge in [-0.05, 0) is 68.1 Å². The molecule has 1 aliphatic heterocycles. The molecule has 1 saturated heterocycles. The molecule has 10 nitrogen and oxygen atoms in total. The van der Waals surface area contributed by atoms with Crippen molar-refractivity contribution < 1.29 is 39.2 Å². The van der Waals surface area contributed by atoms with Crippen LogP contribution in [-0.2, 0) is 13.9 Å². The third-order valence-electron chi connectivity index (χ3n) is 10.5. The predicted molar refractivity (Wildman–Crippen MR) is 147 cm³/mol. The third-order valence-corrected chi connectivity index (χ3v) is 12.0. The SMILES string of the molecule is C[C@]12CCC[C@](C)(C(=O)NCCCOP(=O)(O)C[C@H](O)C[C@H]3N[C@H](CO)[C@@H](O)[C@@H]3O)C1C1CCCCC1CC2. The van der Waals surface area contributed by atoms with Gasteiger partial charge >= 0.3 is 7.60 Å². The van der Waals surface area contributed by atoms with Crippen LogP contribution < -0.4 is 10.6 Å². The van der Waals surface area contributed by atoms with Crippen LogP contribution in [0.2, 0.25) is 0 Å². The zero-order valence-corrected chi connectivity index (χ0v) is 24.5. The van der Waals surface area contributed by atoms with Crippen LogP contribution in [0.4, 0.5) is 0 Å². The van der Waals surface area contributed by atoms with E-state index in [4.69, 9.17) is 4.52 Å². The van der Waals surface area contributed by atoms with Crippen LogP contribution in [0.25, 0.3) is 0 Å². The smallest absolute Gasteiger partial charge is 0.330 e. The van der Waals surface area contributed by atoms with Gasteiger partial charge in [-0.25, -0.2) is 0 Å². The Hall–Kier alpha value is -0.580. The van der Waals surface area contributed by atoms with Crippen LogP contribution in [0.3, 0.4) is 0 Å². The topological polar surface area (TPSA) is 169 Å². The number of amides is 1. The number of hydrogen-bond acceptors (Lipinski definition) is 8. The van der Waals surface area contributed by atoms with E-state index in [0.29, 0.717) is 24.8 Å². The Morgan fingerprint density at radius 2 is 1.79 bits per heavy atom. The van der Waals surface area contributed by atoms with Gasteiger partial charge < -0.3 is 40.5 Å². The minimum Gasteiger partial charge on any atom is -0.395 e. The number of aliphatic hydroxyl groups is 4. The standard InChI is InChI=1S/C28H51N2O8P/c1-27-10-5-11-28(2,25(27)20-8-4-3-7-18(20)9-12-27)26(35)29-13-6-14-38-39(36,37)17-19(32)15-21-23(33)24(34)22(16-31)30-21/h18-25,30-34H,3-17H2,1-2H3,(H,29,35)(H,36,37)/t18?,19-,20?,21-,22-,23-,24-,25?,27-,28+/m1/s1. The van der Waals surface area contributed by atoms with Crippen molar-refractivity contribution in [1.82, 2.24) is 10.6 Å². The van der Waals surface area contributed by atoms with E-state index in [1.807, 2.05) is 0 Å². The van der Waals surface area contributed by atoms with E-state index in [-0.39, 0.29) is 31.0 Å². The van der Waals surface area contributed by atoms with E-state index >= 15 is 0 Å². The first-order valence-electron chi connectivity index (χ1n) is 15.1. The van der Waals surface area contributed by atoms with Crippen molar-refractivity contribution in [2.75, 3.05) is 25.9 Å². The molecule has 0 spiro atoms. The van der Waals surface area contributed by atoms with Gasteiger partial charge in [0.05, 0.1) is 43.7 Å². The number of fused-ring (bicyclic) bond motifs is 3. The normalized spacial score (nSPS) is 42.7. The summed E-state index contributed by atoms with van der Waals surface area (Å²) in [6, 6.07) is -1.42. The van der Waals surface area contributed by atoms with Crippen LogP contribution in [-0.4, -0.2) is 87.5 Å². The summed E-state index contributed by atoms with van der Waals surface area (Å²) in [5.41, 5.74) is -0.177. The summed E-state index contributed by atoms with van der Waals surface area (Å²) in [6.45, 7) is 4.53. The number of rotatable bonds is 11. The maximum Gasteiger partial charge on any atom is 0.330 e. The molecule has 11 atom stereocenters. The number of aliphatic hydroxyl groups excluding tert-OH is 4. The van der Waals surface area contributed by atoms with Gasteiger partial charge in [0.2, 0.25) is 5.91 Å². The first kappa shape index (κ1) is 31.4. The predicted octanol–water partition coefficient (Wildman–Crippen LogP) is 1.91. The molecule has 3 aliphatic carbocycles. The number of carbonyl (C=O) groups excluding carboxylic acids is 1. The van der Waals surface area contributed by atoms with Crippen molar-refractivity contribution in [3.05, 3.63) is 0 Å². The summed E-state index contributed by atoms with van der Waals surface area (Å²) in [4.78, 5) is 23.8. The Bertz CT molecular complexity index is 894. The molecular formula is C28H51N2O8P. The largest absolute Gasteiger partial charge is 0.395 e. The zero-order chi connectivity index (χ0) is 28.4. The summed E-state index contributed by atoms with van der Waals surface area (Å²) in [5, 5.41) is 45.4. The molecule has 4 unspecified atom stereocenters. The van der Waals surface area contributed by atoms with Gasteiger partial charge in [-0.3, -0.25) is 9.36 Å². The second kappa shape index (κ2) is 12.7. The van der Waals surface area contributed by atoms with Gasteiger partial charge in [0, 0.05) is 18.0 Å². The van der Waals surface area contributed by atoms with Crippen molar-refractivity contribution in [3.63, 3.8) is 0 Å². The highest BCUT2D eigenvalue weighted by molar-refractivity contribution is 7.52. The molecule has 4 aliphatic rings. The van der Waals surface area contributed by atoms with Crippen LogP contribution in [0.1, 0.15) is 84.5 Å². The second-order valence-electron chi connectivity index (χ2n) is 13.3. The lowest BCUT2D eigenvalue weighted by atomic mass is 9.44. The molecule has 1 amide bonds. The minimum absolute atomic E-state index is 0.0288. The molecule has 0 aromatic rings. The van der Waals surface area contributed by atoms with Crippen molar-refractivity contribution in [3.8, 4) is 0 Å². The molecule has 4 fully saturated rings. The highest BCUT2D eigenvalue weighted by atomic mass is 31.2. The second-order valence-corrected chi connectivity index (χ2v) is 15.2. The molecule has 11 heteroatoms. The van der Waals surface area contributed by atoms with Crippen molar-refractivity contribution in [2.24, 2.45) is 28.6 Å². The fourth-order valence-corrected chi connectivity index (χ4v) is 9.90. The summed E-state index contributed by atoms with van der Waals surface area (Å²) < 4.78 is 17.7. The molecule has 226 valence electrons. The highest BCUT2D eigenvalue weighted by Gasteiger charge is 2.58. The molecule has 7 N–H and O–H groups in total. The van der Waals surface area contributed by atoms with Gasteiger partial charge in [0.1, 0.15) is 0 Å². The fraction of sp³-hybridized carbons (Fsp3) is 0.964. The first-order valence-corrected chi connectivity index (χ1v) is 16.8. The van der Waals surface area contributed by atoms with E-state index < -0.39 is 49.6 Å². The van der Waals surface area contributed by atoms with Crippen LogP contribution in [0, 0.1) is 28.6 Å². The van der Waals surface area contributed by atoms with Crippen molar-refractivity contribution in [1.29, 1.82) is 0 Å². The average Bonchev–Trinajstić information content (AvgIpc) is 3.15. The van der Waals surface area contributed by atoms with E-state index in [2.05, 4.69) is 24.5 Å². The number of hydrogen-bond donors (Lipinski definition) is 7. The zero-order valence-electron chi connectivity index (χ0n) is 23.6. The van der Waals surface area contributed by atoms with Gasteiger partial charge in [-0.2, -0.15) is 0 Å². The van der Waals surface area contributed by atoms with E-state index in [1.165, 1.54) is 44.9 Å². The lowest BCUT2D eigenvalue weighted by Gasteiger charge is -2.60. The third kappa shape index (κ3) is 6.91. The first-order chi connectivity index (χ1) is 18.4. The molecule has 3 saturated carbocycles. The maximum absolute atomic E-state index is 13.6. The lowest BCUT2D eigenvalue weighted by molar-refractivity contribution is -0.156. The number of nitrogens with one attached hydrogen (secondary N) is 2. The van der Waals surface area contributed by atoms with Gasteiger partial charge in [0.15, 0.2) is 0 Å². The monoisotopic (exact) mass is 574 g/mol. The van der Waals surface area contributed by atoms with Crippen LogP contribution >= 0.6 is 7.60 Å². The Labute approximate surface area is 232 Å². The number of carbonyl (C=O) groups is 1. The van der Waals surface area contributed by atoms with Crippen molar-refractivity contribution >= 4 is 13.5 Å². The Morgan fingerprint density at radius 1 is 1.08 bits per heavy atom. The Morgan fingerprint density at radius 3 is 2.51 bits per heavy atom. The molecule has 1 heterocycles. The maximum atomic E-state index is 13.6. The molecule has 0 radical (unpaired) electrons. The molecule has 0 aromatic carbocycles. The van der Waals surface area contributed by atoms with Crippen LogP contribution in [0.5, 0.6) is 0 Å². The Kier molecular flexibility index (Phi) is 10.2. The van der Waals surface area contributed by atoms with E-state index in [9.17, 15) is 34.7 Å². The molecular weight excluding hydrogens is 523 g/mol. The van der Waals surface area contributed by atoms with E-state index in [0.717, 1.165) is 18.8 Å². The average molecular weight is 575 g/mol. The molecule has 39 heavy (non-hydrogen) atoms. The van der Waals surface area contributed by atoms with Gasteiger partial charge in [-0.1, -0.05) is 39.5 Å². The van der Waals surface area contributed by atoms with Crippen LogP contribution in [0.15, 0.2) is 0 Å². The quantitative estimate of drug-likeness (QED) is 0.144. The van der Waals surface area contributed by atoms with Crippen molar-refractivity contribution in [2.45, 2.75) is 115 Å². The highest BCUT2D eigenvalue weighted by Crippen LogP contribution is 2.63.